The van der Waals surface area contributed by atoms with Crippen molar-refractivity contribution in [2.45, 2.75) is 85.5 Å². The number of aromatic hydroxyl groups is 1. The van der Waals surface area contributed by atoms with E-state index in [1.54, 1.807) is 47.4 Å². The molecule has 342 valence electrons. The van der Waals surface area contributed by atoms with Crippen LogP contribution in [0.5, 0.6) is 5.75 Å². The van der Waals surface area contributed by atoms with Crippen molar-refractivity contribution in [2.24, 2.45) is 16.7 Å². The van der Waals surface area contributed by atoms with E-state index in [-0.39, 0.29) is 42.6 Å². The van der Waals surface area contributed by atoms with Gasteiger partial charge in [0.05, 0.1) is 35.6 Å². The van der Waals surface area contributed by atoms with Crippen molar-refractivity contribution >= 4 is 41.4 Å². The number of ether oxygens (including phenoxy) is 2. The van der Waals surface area contributed by atoms with Gasteiger partial charge in [-0.1, -0.05) is 45.9 Å². The molecule has 14 heteroatoms. The third kappa shape index (κ3) is 10.1. The Morgan fingerprint density at radius 2 is 1.81 bits per heavy atom. The summed E-state index contributed by atoms with van der Waals surface area (Å²) >= 11 is 0. The highest BCUT2D eigenvalue weighted by atomic mass is 16.5. The predicted octanol–water partition coefficient (Wildman–Crippen LogP) is 5.97. The molecule has 2 aliphatic rings. The maximum atomic E-state index is 14.0. The van der Waals surface area contributed by atoms with Crippen molar-refractivity contribution in [3.05, 3.63) is 83.7 Å². The van der Waals surface area contributed by atoms with Crippen LogP contribution in [0.25, 0.3) is 33.3 Å². The first-order valence-corrected chi connectivity index (χ1v) is 22.1. The molecule has 2 saturated heterocycles. The second kappa shape index (κ2) is 19.9. The van der Waals surface area contributed by atoms with Crippen LogP contribution in [-0.4, -0.2) is 126 Å². The number of rotatable bonds is 20. The number of hydrogen-bond acceptors (Lipinski definition) is 10. The van der Waals surface area contributed by atoms with Crippen molar-refractivity contribution in [3.8, 4) is 28.1 Å². The molecular formula is C50H64N6O8. The molecule has 2 aromatic carbocycles. The fourth-order valence-electron chi connectivity index (χ4n) is 9.40. The number of pyridine rings is 1. The minimum absolute atomic E-state index is 0.00514. The fourth-order valence-corrected chi connectivity index (χ4v) is 9.40. The summed E-state index contributed by atoms with van der Waals surface area (Å²) in [6, 6.07) is 13.6. The van der Waals surface area contributed by atoms with E-state index in [2.05, 4.69) is 48.9 Å². The zero-order valence-electron chi connectivity index (χ0n) is 38.7. The molecule has 2 fully saturated rings. The van der Waals surface area contributed by atoms with E-state index in [0.717, 1.165) is 44.5 Å². The molecule has 0 bridgehead atoms. The molecule has 0 radical (unpaired) electrons. The molecule has 0 aliphatic carbocycles. The Kier molecular flexibility index (Phi) is 14.8. The van der Waals surface area contributed by atoms with Gasteiger partial charge >= 0.3 is 0 Å². The zero-order valence-corrected chi connectivity index (χ0v) is 38.7. The first kappa shape index (κ1) is 47.6. The van der Waals surface area contributed by atoms with Crippen molar-refractivity contribution in [3.63, 3.8) is 0 Å². The number of nitrogens with one attached hydrogen (secondary N) is 1. The Bertz CT molecular complexity index is 2400. The molecule has 2 aromatic heterocycles. The van der Waals surface area contributed by atoms with E-state index in [1.165, 1.54) is 0 Å². The molecule has 2 aliphatic heterocycles. The van der Waals surface area contributed by atoms with E-state index in [0.29, 0.717) is 63.9 Å². The Balaban J connectivity index is 1.26. The SMILES string of the molecule is CCn1c(-c2cccnc2C(C)OC)c(CC(C)(C)COC=O)c2cc(-c3cc(O)cc(CC(C=O)NC(=O)C(C(C)C)N4CCC5(CN(C(=O)/C=C/CN(C)C)C5)C4=O)c3)ccc21. The summed E-state index contributed by atoms with van der Waals surface area (Å²) in [5, 5.41) is 15.0. The third-order valence-corrected chi connectivity index (χ3v) is 12.6. The number of fused-ring (bicyclic) bond motifs is 1. The molecule has 2 N–H and O–H groups in total. The molecule has 6 rings (SSSR count). The van der Waals surface area contributed by atoms with Gasteiger partial charge in [0.1, 0.15) is 18.1 Å². The highest BCUT2D eigenvalue weighted by molar-refractivity contribution is 5.97. The number of phenolic OH excluding ortho intramolecular Hbond substituents is 1. The molecule has 4 heterocycles. The number of aromatic nitrogens is 2. The summed E-state index contributed by atoms with van der Waals surface area (Å²) in [5.74, 6) is -0.947. The molecule has 14 nitrogen and oxygen atoms in total. The van der Waals surface area contributed by atoms with Gasteiger partial charge in [-0.15, -0.1) is 0 Å². The molecule has 3 amide bonds. The summed E-state index contributed by atoms with van der Waals surface area (Å²) in [5.41, 5.74) is 5.85. The van der Waals surface area contributed by atoms with E-state index >= 15 is 0 Å². The highest BCUT2D eigenvalue weighted by Crippen LogP contribution is 2.44. The predicted molar refractivity (Wildman–Crippen MR) is 246 cm³/mol. The normalized spacial score (nSPS) is 16.5. The number of carbonyl (C=O) groups excluding carboxylic acids is 5. The molecule has 3 unspecified atom stereocenters. The molecular weight excluding hydrogens is 813 g/mol. The molecule has 3 atom stereocenters. The van der Waals surface area contributed by atoms with Gasteiger partial charge in [0.2, 0.25) is 17.7 Å². The Morgan fingerprint density at radius 1 is 1.06 bits per heavy atom. The highest BCUT2D eigenvalue weighted by Gasteiger charge is 2.57. The van der Waals surface area contributed by atoms with Crippen molar-refractivity contribution < 1.29 is 38.6 Å². The topological polar surface area (TPSA) is 164 Å². The van der Waals surface area contributed by atoms with Gasteiger partial charge in [-0.25, -0.2) is 0 Å². The summed E-state index contributed by atoms with van der Waals surface area (Å²) in [6.45, 7) is 14.9. The number of carbonyl (C=O) groups is 5. The number of nitrogens with zero attached hydrogens (tertiary/aromatic N) is 5. The van der Waals surface area contributed by atoms with Crippen LogP contribution in [0.15, 0.2) is 66.9 Å². The van der Waals surface area contributed by atoms with Crippen LogP contribution >= 0.6 is 0 Å². The standard InChI is InChI=1S/C50H64N6O8/c1-10-55-42-16-15-35(25-40(42)41(26-49(5,6)30-64-31-58)46(55)39-13-11-18-51-44(39)33(4)63-9)36-21-34(23-38(59)24-36)22-37(27-57)52-47(61)45(32(2)3)56-20-17-50(48(56)62)28-54(29-50)43(60)14-12-19-53(7)8/h11-16,18,21,23-25,27,31-33,37,45,59H,10,17,19-20,22,26,28-30H2,1-9H3,(H,52,61)/b14-12+. The van der Waals surface area contributed by atoms with Crippen LogP contribution in [0.4, 0.5) is 0 Å². The molecule has 4 aromatic rings. The van der Waals surface area contributed by atoms with Crippen molar-refractivity contribution in [1.29, 1.82) is 0 Å². The molecule has 0 saturated carbocycles. The summed E-state index contributed by atoms with van der Waals surface area (Å²) in [4.78, 5) is 74.5. The van der Waals surface area contributed by atoms with Crippen LogP contribution in [-0.2, 0) is 52.8 Å². The van der Waals surface area contributed by atoms with Gasteiger partial charge < -0.3 is 44.0 Å². The lowest BCUT2D eigenvalue weighted by Gasteiger charge is -2.46. The maximum absolute atomic E-state index is 14.0. The van der Waals surface area contributed by atoms with E-state index in [4.69, 9.17) is 14.5 Å². The number of aldehydes is 1. The minimum atomic E-state index is -0.935. The Labute approximate surface area is 376 Å². The van der Waals surface area contributed by atoms with Crippen molar-refractivity contribution in [1.82, 2.24) is 29.6 Å². The molecule has 64 heavy (non-hydrogen) atoms. The van der Waals surface area contributed by atoms with Gasteiger partial charge in [0.15, 0.2) is 0 Å². The number of methoxy groups -OCH3 is 1. The second-order valence-corrected chi connectivity index (χ2v) is 18.8. The quantitative estimate of drug-likeness (QED) is 0.0799. The molecule has 1 spiro atoms. The lowest BCUT2D eigenvalue weighted by Crippen LogP contribution is -2.63. The second-order valence-electron chi connectivity index (χ2n) is 18.8. The number of likely N-dealkylation sites (N-methyl/N-ethyl adjacent to an activating group) is 1. The van der Waals surface area contributed by atoms with E-state index < -0.39 is 28.8 Å². The first-order valence-electron chi connectivity index (χ1n) is 22.1. The smallest absolute Gasteiger partial charge is 0.293 e. The third-order valence-electron chi connectivity index (χ3n) is 12.6. The lowest BCUT2D eigenvalue weighted by atomic mass is 9.78. The van der Waals surface area contributed by atoms with Gasteiger partial charge in [-0.05, 0) is 112 Å². The largest absolute Gasteiger partial charge is 0.508 e. The average molecular weight is 877 g/mol. The number of benzene rings is 2. The number of aryl methyl sites for hydroxylation is 1. The summed E-state index contributed by atoms with van der Waals surface area (Å²) in [6.07, 6.45) is 6.73. The number of hydrogen-bond donors (Lipinski definition) is 2. The average Bonchev–Trinajstić information content (AvgIpc) is 3.74. The minimum Gasteiger partial charge on any atom is -0.508 e. The fraction of sp³-hybridized carbons (Fsp3) is 0.480. The maximum Gasteiger partial charge on any atom is 0.293 e. The van der Waals surface area contributed by atoms with E-state index in [9.17, 15) is 29.1 Å². The van der Waals surface area contributed by atoms with Gasteiger partial charge in [0.25, 0.3) is 6.47 Å². The van der Waals surface area contributed by atoms with Crippen LogP contribution in [0.2, 0.25) is 0 Å². The van der Waals surface area contributed by atoms with Gasteiger partial charge in [-0.2, -0.15) is 0 Å². The lowest BCUT2D eigenvalue weighted by molar-refractivity contribution is -0.155. The van der Waals surface area contributed by atoms with Crippen LogP contribution in [0, 0.1) is 16.7 Å². The monoisotopic (exact) mass is 876 g/mol. The zero-order chi connectivity index (χ0) is 46.5. The number of amides is 3. The first-order chi connectivity index (χ1) is 30.5. The van der Waals surface area contributed by atoms with Crippen molar-refractivity contribution in [2.75, 3.05) is 54.0 Å². The summed E-state index contributed by atoms with van der Waals surface area (Å²) < 4.78 is 13.3. The van der Waals surface area contributed by atoms with E-state index in [1.807, 2.05) is 58.0 Å². The van der Waals surface area contributed by atoms with Crippen LogP contribution in [0.3, 0.4) is 0 Å². The van der Waals surface area contributed by atoms with Crippen LogP contribution < -0.4 is 5.32 Å². The van der Waals surface area contributed by atoms with Crippen LogP contribution in [0.1, 0.15) is 70.9 Å². The number of likely N-dealkylation sites (tertiary alicyclic amines) is 2. The Hall–Kier alpha value is -5.86. The number of phenols is 1. The van der Waals surface area contributed by atoms with Gasteiger partial charge in [-0.3, -0.25) is 24.2 Å². The summed E-state index contributed by atoms with van der Waals surface area (Å²) in [7, 11) is 5.50. The van der Waals surface area contributed by atoms with Gasteiger partial charge in [0, 0.05) is 74.0 Å². The Morgan fingerprint density at radius 3 is 2.47 bits per heavy atom.